The second-order valence-corrected chi connectivity index (χ2v) is 6.91. The van der Waals surface area contributed by atoms with Crippen molar-refractivity contribution in [2.45, 2.75) is 19.4 Å². The number of carbonyl (C=O) groups excluding carboxylic acids is 1. The first kappa shape index (κ1) is 24.6. The molecule has 0 aromatic heterocycles. The Morgan fingerprint density at radius 3 is 2.64 bits per heavy atom. The highest BCUT2D eigenvalue weighted by Crippen LogP contribution is 2.12. The molecule has 8 heteroatoms. The van der Waals surface area contributed by atoms with E-state index in [2.05, 4.69) is 15.6 Å². The third-order valence-electron chi connectivity index (χ3n) is 4.43. The van der Waals surface area contributed by atoms with Gasteiger partial charge in [-0.3, -0.25) is 9.79 Å². The second kappa shape index (κ2) is 13.7. The highest BCUT2D eigenvalue weighted by Gasteiger charge is 2.15. The first-order valence-electron chi connectivity index (χ1n) is 9.50. The molecule has 28 heavy (non-hydrogen) atoms. The smallest absolute Gasteiger partial charge is 0.253 e. The second-order valence-electron chi connectivity index (χ2n) is 6.91. The molecule has 0 radical (unpaired) electrons. The molecule has 1 aromatic carbocycles. The number of hydrogen-bond donors (Lipinski definition) is 2. The van der Waals surface area contributed by atoms with Crippen LogP contribution in [0.4, 0.5) is 0 Å². The van der Waals surface area contributed by atoms with E-state index in [1.807, 2.05) is 24.3 Å². The molecule has 1 atom stereocenters. The number of nitrogens with zero attached hydrogens (tertiary/aromatic N) is 2. The Kier molecular flexibility index (Phi) is 12.1. The highest BCUT2D eigenvalue weighted by molar-refractivity contribution is 14.0. The van der Waals surface area contributed by atoms with E-state index in [0.29, 0.717) is 18.0 Å². The number of benzene rings is 1. The number of carbonyl (C=O) groups is 1. The summed E-state index contributed by atoms with van der Waals surface area (Å²) in [6.07, 6.45) is 2.04. The molecule has 1 fully saturated rings. The Morgan fingerprint density at radius 2 is 2.04 bits per heavy atom. The van der Waals surface area contributed by atoms with Gasteiger partial charge in [-0.2, -0.15) is 0 Å². The van der Waals surface area contributed by atoms with Crippen LogP contribution in [0.2, 0.25) is 0 Å². The molecule has 2 N–H and O–H groups in total. The lowest BCUT2D eigenvalue weighted by atomic mass is 10.1. The maximum absolute atomic E-state index is 11.9. The fraction of sp³-hybridized carbons (Fsp3) is 0.600. The summed E-state index contributed by atoms with van der Waals surface area (Å²) in [5.74, 6) is 1.33. The number of nitrogens with one attached hydrogen (secondary N) is 2. The molecule has 0 spiro atoms. The fourth-order valence-corrected chi connectivity index (χ4v) is 2.78. The maximum Gasteiger partial charge on any atom is 0.253 e. The van der Waals surface area contributed by atoms with Gasteiger partial charge in [-0.05, 0) is 30.5 Å². The summed E-state index contributed by atoms with van der Waals surface area (Å²) in [5, 5.41) is 6.57. The van der Waals surface area contributed by atoms with Gasteiger partial charge in [0.2, 0.25) is 0 Å². The maximum atomic E-state index is 11.9. The summed E-state index contributed by atoms with van der Waals surface area (Å²) in [6.45, 7) is 4.68. The number of amides is 1. The molecule has 1 saturated heterocycles. The van der Waals surface area contributed by atoms with Gasteiger partial charge >= 0.3 is 0 Å². The van der Waals surface area contributed by atoms with Gasteiger partial charge in [-0.25, -0.2) is 0 Å². The van der Waals surface area contributed by atoms with Crippen molar-refractivity contribution in [1.82, 2.24) is 15.5 Å². The van der Waals surface area contributed by atoms with Crippen LogP contribution >= 0.6 is 24.0 Å². The number of rotatable bonds is 9. The Bertz CT molecular complexity index is 602. The Hall–Kier alpha value is -1.39. The zero-order valence-corrected chi connectivity index (χ0v) is 19.4. The zero-order valence-electron chi connectivity index (χ0n) is 17.1. The van der Waals surface area contributed by atoms with Crippen LogP contribution in [-0.2, 0) is 16.0 Å². The first-order valence-corrected chi connectivity index (χ1v) is 9.50. The SMILES string of the molecule is CN=C(NCCCOCC1CCOC1)NCc1ccc(C(=O)N(C)C)cc1.I. The van der Waals surface area contributed by atoms with Gasteiger partial charge in [-0.1, -0.05) is 12.1 Å². The van der Waals surface area contributed by atoms with Crippen LogP contribution in [0, 0.1) is 5.92 Å². The average Bonchev–Trinajstić information content (AvgIpc) is 3.20. The standard InChI is InChI=1S/C20H32N4O3.HI/c1-21-20(22-10-4-11-26-14-17-9-12-27-15-17)23-13-16-5-7-18(8-6-16)19(25)24(2)3;/h5-8,17H,4,9-15H2,1-3H3,(H2,21,22,23);1H. The van der Waals surface area contributed by atoms with E-state index in [9.17, 15) is 4.79 Å². The van der Waals surface area contributed by atoms with Crippen molar-refractivity contribution in [3.05, 3.63) is 35.4 Å². The van der Waals surface area contributed by atoms with E-state index in [0.717, 1.165) is 57.3 Å². The van der Waals surface area contributed by atoms with Gasteiger partial charge in [0.05, 0.1) is 13.2 Å². The normalized spacial score (nSPS) is 16.4. The van der Waals surface area contributed by atoms with Crippen molar-refractivity contribution in [3.63, 3.8) is 0 Å². The number of hydrogen-bond acceptors (Lipinski definition) is 4. The topological polar surface area (TPSA) is 75.2 Å². The minimum atomic E-state index is 0. The fourth-order valence-electron chi connectivity index (χ4n) is 2.78. The lowest BCUT2D eigenvalue weighted by molar-refractivity contribution is 0.0827. The van der Waals surface area contributed by atoms with Gasteiger partial charge in [-0.15, -0.1) is 24.0 Å². The number of guanidine groups is 1. The van der Waals surface area contributed by atoms with Crippen LogP contribution in [-0.4, -0.2) is 70.9 Å². The van der Waals surface area contributed by atoms with Crippen molar-refractivity contribution in [2.75, 3.05) is 54.1 Å². The number of ether oxygens (including phenoxy) is 2. The molecule has 1 unspecified atom stereocenters. The van der Waals surface area contributed by atoms with E-state index >= 15 is 0 Å². The van der Waals surface area contributed by atoms with Crippen molar-refractivity contribution < 1.29 is 14.3 Å². The van der Waals surface area contributed by atoms with Gasteiger partial charge < -0.3 is 25.0 Å². The number of aliphatic imine (C=N–C) groups is 1. The van der Waals surface area contributed by atoms with Crippen molar-refractivity contribution >= 4 is 35.8 Å². The van der Waals surface area contributed by atoms with Crippen LogP contribution in [0.1, 0.15) is 28.8 Å². The Morgan fingerprint density at radius 1 is 1.29 bits per heavy atom. The molecule has 0 bridgehead atoms. The summed E-state index contributed by atoms with van der Waals surface area (Å²) < 4.78 is 11.0. The van der Waals surface area contributed by atoms with Crippen molar-refractivity contribution in [2.24, 2.45) is 10.9 Å². The Labute approximate surface area is 185 Å². The third-order valence-corrected chi connectivity index (χ3v) is 4.43. The van der Waals surface area contributed by atoms with Crippen molar-refractivity contribution in [1.29, 1.82) is 0 Å². The monoisotopic (exact) mass is 504 g/mol. The molecule has 1 aromatic rings. The largest absolute Gasteiger partial charge is 0.381 e. The van der Waals surface area contributed by atoms with Gasteiger partial charge in [0, 0.05) is 58.9 Å². The number of halogens is 1. The van der Waals surface area contributed by atoms with Crippen LogP contribution in [0.3, 0.4) is 0 Å². The zero-order chi connectivity index (χ0) is 19.5. The molecular formula is C20H33IN4O3. The summed E-state index contributed by atoms with van der Waals surface area (Å²) in [6, 6.07) is 7.61. The van der Waals surface area contributed by atoms with E-state index in [-0.39, 0.29) is 29.9 Å². The van der Waals surface area contributed by atoms with Crippen LogP contribution in [0.5, 0.6) is 0 Å². The predicted octanol–water partition coefficient (Wildman–Crippen LogP) is 2.11. The molecule has 1 aliphatic rings. The summed E-state index contributed by atoms with van der Waals surface area (Å²) >= 11 is 0. The lowest BCUT2D eigenvalue weighted by Gasteiger charge is -2.13. The van der Waals surface area contributed by atoms with Gasteiger partial charge in [0.1, 0.15) is 0 Å². The highest BCUT2D eigenvalue weighted by atomic mass is 127. The van der Waals surface area contributed by atoms with Crippen LogP contribution in [0.15, 0.2) is 29.3 Å². The van der Waals surface area contributed by atoms with Gasteiger partial charge in [0.15, 0.2) is 5.96 Å². The van der Waals surface area contributed by atoms with Crippen molar-refractivity contribution in [3.8, 4) is 0 Å². The van der Waals surface area contributed by atoms with Gasteiger partial charge in [0.25, 0.3) is 5.91 Å². The summed E-state index contributed by atoms with van der Waals surface area (Å²) in [5.41, 5.74) is 1.78. The molecule has 1 aliphatic heterocycles. The van der Waals surface area contributed by atoms with E-state index < -0.39 is 0 Å². The molecule has 0 saturated carbocycles. The lowest BCUT2D eigenvalue weighted by Crippen LogP contribution is -2.37. The molecule has 158 valence electrons. The minimum Gasteiger partial charge on any atom is -0.381 e. The van der Waals surface area contributed by atoms with E-state index in [1.165, 1.54) is 0 Å². The van der Waals surface area contributed by atoms with E-state index in [4.69, 9.17) is 9.47 Å². The molecular weight excluding hydrogens is 471 g/mol. The van der Waals surface area contributed by atoms with Crippen LogP contribution < -0.4 is 10.6 Å². The molecule has 1 amide bonds. The molecule has 7 nitrogen and oxygen atoms in total. The minimum absolute atomic E-state index is 0. The first-order chi connectivity index (χ1) is 13.1. The predicted molar refractivity (Wildman–Crippen MR) is 122 cm³/mol. The summed E-state index contributed by atoms with van der Waals surface area (Å²) in [7, 11) is 5.26. The molecule has 0 aliphatic carbocycles. The molecule has 2 rings (SSSR count). The quantitative estimate of drug-likeness (QED) is 0.233. The molecule has 1 heterocycles. The van der Waals surface area contributed by atoms with Crippen LogP contribution in [0.25, 0.3) is 0 Å². The Balaban J connectivity index is 0.00000392. The third kappa shape index (κ3) is 8.74. The summed E-state index contributed by atoms with van der Waals surface area (Å²) in [4.78, 5) is 17.7. The van der Waals surface area contributed by atoms with E-state index in [1.54, 1.807) is 26.0 Å². The average molecular weight is 504 g/mol.